The molecule has 0 fully saturated rings. The number of carbonyl (C=O) groups is 2. The summed E-state index contributed by atoms with van der Waals surface area (Å²) in [6, 6.07) is 17.3. The van der Waals surface area contributed by atoms with Crippen molar-refractivity contribution in [1.29, 1.82) is 0 Å². The van der Waals surface area contributed by atoms with Crippen LogP contribution in [0, 0.1) is 5.92 Å². The predicted octanol–water partition coefficient (Wildman–Crippen LogP) is 5.59. The molecule has 3 aliphatic rings. The number of aryl methyl sites for hydroxylation is 1. The molecule has 4 aromatic rings. The SMILES string of the molecule is CCn1nc(CC(C)C)cc1C(=O)N1CCc2cc3ccc2C1c1cccc(c1)OCCCNC(=O)c1cncc(c1)O3. The van der Waals surface area contributed by atoms with E-state index < -0.39 is 0 Å². The van der Waals surface area contributed by atoms with Crippen molar-refractivity contribution in [3.05, 3.63) is 101 Å². The van der Waals surface area contributed by atoms with E-state index >= 15 is 0 Å². The molecule has 5 heterocycles. The Labute approximate surface area is 251 Å². The summed E-state index contributed by atoms with van der Waals surface area (Å²) < 4.78 is 14.1. The summed E-state index contributed by atoms with van der Waals surface area (Å²) in [6.07, 6.45) is 5.26. The number of ether oxygens (including phenoxy) is 2. The number of aromatic nitrogens is 3. The molecule has 3 aliphatic heterocycles. The van der Waals surface area contributed by atoms with E-state index in [2.05, 4.69) is 24.1 Å². The first-order chi connectivity index (χ1) is 20.9. The van der Waals surface area contributed by atoms with Crippen LogP contribution >= 0.6 is 0 Å². The molecular weight excluding hydrogens is 542 g/mol. The Kier molecular flexibility index (Phi) is 8.13. The van der Waals surface area contributed by atoms with Crippen LogP contribution in [0.3, 0.4) is 0 Å². The van der Waals surface area contributed by atoms with Gasteiger partial charge in [0.25, 0.3) is 11.8 Å². The van der Waals surface area contributed by atoms with Crippen molar-refractivity contribution in [2.45, 2.75) is 52.6 Å². The van der Waals surface area contributed by atoms with Crippen LogP contribution in [-0.4, -0.2) is 51.2 Å². The maximum absolute atomic E-state index is 14.3. The number of nitrogens with one attached hydrogen (secondary N) is 1. The summed E-state index contributed by atoms with van der Waals surface area (Å²) in [5, 5.41) is 7.67. The molecule has 0 radical (unpaired) electrons. The van der Waals surface area contributed by atoms with Gasteiger partial charge in [-0.1, -0.05) is 32.0 Å². The fourth-order valence-corrected chi connectivity index (χ4v) is 5.87. The smallest absolute Gasteiger partial charge is 0.272 e. The van der Waals surface area contributed by atoms with Gasteiger partial charge in [-0.15, -0.1) is 0 Å². The van der Waals surface area contributed by atoms with Crippen LogP contribution in [0.2, 0.25) is 0 Å². The normalized spacial score (nSPS) is 16.6. The van der Waals surface area contributed by atoms with Gasteiger partial charge in [0, 0.05) is 25.8 Å². The van der Waals surface area contributed by atoms with Crippen molar-refractivity contribution in [2.75, 3.05) is 19.7 Å². The van der Waals surface area contributed by atoms with Crippen LogP contribution in [0.25, 0.3) is 0 Å². The van der Waals surface area contributed by atoms with Crippen LogP contribution in [0.4, 0.5) is 0 Å². The maximum Gasteiger partial charge on any atom is 0.272 e. The van der Waals surface area contributed by atoms with Gasteiger partial charge in [-0.25, -0.2) is 0 Å². The molecule has 0 saturated carbocycles. The van der Waals surface area contributed by atoms with Crippen molar-refractivity contribution < 1.29 is 19.1 Å². The second-order valence-corrected chi connectivity index (χ2v) is 11.5. The number of rotatable bonds is 4. The number of benzene rings is 2. The lowest BCUT2D eigenvalue weighted by atomic mass is 9.87. The summed E-state index contributed by atoms with van der Waals surface area (Å²) >= 11 is 0. The Morgan fingerprint density at radius 3 is 2.79 bits per heavy atom. The van der Waals surface area contributed by atoms with Gasteiger partial charge >= 0.3 is 0 Å². The summed E-state index contributed by atoms with van der Waals surface area (Å²) in [6.45, 7) is 8.39. The Morgan fingerprint density at radius 1 is 1.07 bits per heavy atom. The molecule has 222 valence electrons. The highest BCUT2D eigenvalue weighted by atomic mass is 16.5. The van der Waals surface area contributed by atoms with E-state index in [1.807, 2.05) is 65.0 Å². The van der Waals surface area contributed by atoms with Crippen molar-refractivity contribution in [3.8, 4) is 17.2 Å². The van der Waals surface area contributed by atoms with Crippen LogP contribution in [-0.2, 0) is 19.4 Å². The lowest BCUT2D eigenvalue weighted by Crippen LogP contribution is -2.41. The zero-order chi connectivity index (χ0) is 29.9. The fourth-order valence-electron chi connectivity index (χ4n) is 5.87. The highest BCUT2D eigenvalue weighted by Crippen LogP contribution is 2.39. The number of nitrogens with zero attached hydrogens (tertiary/aromatic N) is 4. The fraction of sp³-hybridized carbons (Fsp3) is 0.353. The highest BCUT2D eigenvalue weighted by molar-refractivity contribution is 5.94. The molecule has 8 bridgehead atoms. The van der Waals surface area contributed by atoms with E-state index in [1.165, 1.54) is 6.20 Å². The minimum Gasteiger partial charge on any atom is -0.494 e. The van der Waals surface area contributed by atoms with E-state index in [0.717, 1.165) is 34.6 Å². The Bertz CT molecular complexity index is 1650. The average Bonchev–Trinajstić information content (AvgIpc) is 3.41. The number of amides is 2. The number of carbonyl (C=O) groups excluding carboxylic acids is 2. The van der Waals surface area contributed by atoms with Gasteiger partial charge in [-0.2, -0.15) is 5.10 Å². The summed E-state index contributed by atoms with van der Waals surface area (Å²) in [7, 11) is 0. The van der Waals surface area contributed by atoms with Gasteiger partial charge in [-0.3, -0.25) is 19.3 Å². The van der Waals surface area contributed by atoms with Crippen molar-refractivity contribution in [3.63, 3.8) is 0 Å². The van der Waals surface area contributed by atoms with Crippen LogP contribution in [0.15, 0.2) is 67.0 Å². The molecule has 2 amide bonds. The van der Waals surface area contributed by atoms with Gasteiger partial charge in [0.15, 0.2) is 0 Å². The minimum absolute atomic E-state index is 0.0348. The van der Waals surface area contributed by atoms with Crippen molar-refractivity contribution in [1.82, 2.24) is 25.0 Å². The average molecular weight is 580 g/mol. The monoisotopic (exact) mass is 579 g/mol. The molecule has 9 heteroatoms. The van der Waals surface area contributed by atoms with Gasteiger partial charge in [0.05, 0.1) is 30.1 Å². The standard InChI is InChI=1S/C34H37N5O4/c1-4-39-31(19-26(37-39)15-22(2)3)34(41)38-13-11-23-16-28-9-10-30(23)32(38)24-7-5-8-27(17-24)42-14-6-12-36-33(40)25-18-29(43-28)21-35-20-25/h5,7-10,16-22,32H,4,6,11-15H2,1-3H3,(H,36,40). The number of pyridine rings is 1. The third kappa shape index (κ3) is 6.11. The Balaban J connectivity index is 1.41. The van der Waals surface area contributed by atoms with E-state index in [9.17, 15) is 9.59 Å². The summed E-state index contributed by atoms with van der Waals surface area (Å²) in [4.78, 5) is 33.2. The van der Waals surface area contributed by atoms with E-state index in [0.29, 0.717) is 67.8 Å². The molecule has 2 aromatic carbocycles. The first kappa shape index (κ1) is 28.5. The van der Waals surface area contributed by atoms with Crippen molar-refractivity contribution >= 4 is 11.8 Å². The van der Waals surface area contributed by atoms with Gasteiger partial charge < -0.3 is 19.7 Å². The molecule has 1 atom stereocenters. The van der Waals surface area contributed by atoms with Crippen LogP contribution in [0.5, 0.6) is 17.2 Å². The number of fused-ring (bicyclic) bond motifs is 6. The molecule has 1 unspecified atom stereocenters. The first-order valence-corrected chi connectivity index (χ1v) is 15.0. The molecule has 2 aromatic heterocycles. The number of hydrogen-bond donors (Lipinski definition) is 1. The Hall–Kier alpha value is -4.66. The molecule has 0 saturated heterocycles. The summed E-state index contributed by atoms with van der Waals surface area (Å²) in [5.74, 6) is 2.06. The molecule has 1 N–H and O–H groups in total. The van der Waals surface area contributed by atoms with E-state index in [4.69, 9.17) is 14.6 Å². The second kappa shape index (κ2) is 12.3. The quantitative estimate of drug-likeness (QED) is 0.339. The third-order valence-corrected chi connectivity index (χ3v) is 7.83. The predicted molar refractivity (Wildman–Crippen MR) is 163 cm³/mol. The first-order valence-electron chi connectivity index (χ1n) is 15.0. The Morgan fingerprint density at radius 2 is 1.95 bits per heavy atom. The minimum atomic E-state index is -0.314. The lowest BCUT2D eigenvalue weighted by molar-refractivity contribution is 0.0681. The van der Waals surface area contributed by atoms with Crippen molar-refractivity contribution in [2.24, 2.45) is 5.92 Å². The van der Waals surface area contributed by atoms with Gasteiger partial charge in [0.2, 0.25) is 0 Å². The molecule has 9 nitrogen and oxygen atoms in total. The topological polar surface area (TPSA) is 98.6 Å². The van der Waals surface area contributed by atoms with E-state index in [1.54, 1.807) is 12.3 Å². The largest absolute Gasteiger partial charge is 0.494 e. The molecule has 0 spiro atoms. The lowest BCUT2D eigenvalue weighted by Gasteiger charge is -2.38. The maximum atomic E-state index is 14.3. The second-order valence-electron chi connectivity index (χ2n) is 11.5. The molecular formula is C34H37N5O4. The zero-order valence-corrected chi connectivity index (χ0v) is 24.9. The molecule has 0 aliphatic carbocycles. The van der Waals surface area contributed by atoms with Gasteiger partial charge in [-0.05, 0) is 85.2 Å². The summed E-state index contributed by atoms with van der Waals surface area (Å²) in [5.41, 5.74) is 5.10. The van der Waals surface area contributed by atoms with Crippen LogP contribution in [0.1, 0.15) is 76.5 Å². The number of hydrogen-bond acceptors (Lipinski definition) is 6. The third-order valence-electron chi connectivity index (χ3n) is 7.83. The highest BCUT2D eigenvalue weighted by Gasteiger charge is 2.34. The zero-order valence-electron chi connectivity index (χ0n) is 24.9. The van der Waals surface area contributed by atoms with Crippen LogP contribution < -0.4 is 14.8 Å². The molecule has 7 rings (SSSR count). The van der Waals surface area contributed by atoms with E-state index in [-0.39, 0.29) is 17.9 Å². The molecule has 43 heavy (non-hydrogen) atoms. The van der Waals surface area contributed by atoms with Gasteiger partial charge in [0.1, 0.15) is 22.9 Å².